The normalized spacial score (nSPS) is 19.2. The molecule has 1 fully saturated rings. The van der Waals surface area contributed by atoms with E-state index in [-0.39, 0.29) is 0 Å². The fourth-order valence-corrected chi connectivity index (χ4v) is 2.89. The Balaban J connectivity index is 1.76. The second-order valence-electron chi connectivity index (χ2n) is 5.34. The van der Waals surface area contributed by atoms with Crippen LogP contribution in [0.1, 0.15) is 12.5 Å². The van der Waals surface area contributed by atoms with Gasteiger partial charge < -0.3 is 9.80 Å². The standard InChI is InChI=1S/C16H20N4/c1-13-5-3-4-6-15(13)19-9-10-20(14(2)11-19)16-7-8-17-12-18-16/h3-8,12,14H,9-11H2,1-2H3. The molecule has 1 atom stereocenters. The Bertz CT molecular complexity index is 570. The van der Waals surface area contributed by atoms with Gasteiger partial charge in [0.2, 0.25) is 0 Å². The molecule has 0 N–H and O–H groups in total. The van der Waals surface area contributed by atoms with E-state index in [0.29, 0.717) is 6.04 Å². The zero-order valence-electron chi connectivity index (χ0n) is 12.0. The van der Waals surface area contributed by atoms with Gasteiger partial charge in [0.05, 0.1) is 0 Å². The summed E-state index contributed by atoms with van der Waals surface area (Å²) < 4.78 is 0. The molecule has 1 aromatic carbocycles. The van der Waals surface area contributed by atoms with Crippen molar-refractivity contribution in [2.24, 2.45) is 0 Å². The summed E-state index contributed by atoms with van der Waals surface area (Å²) in [5.74, 6) is 1.02. The average Bonchev–Trinajstić information content (AvgIpc) is 2.48. The topological polar surface area (TPSA) is 32.3 Å². The lowest BCUT2D eigenvalue weighted by atomic mass is 10.1. The molecule has 1 aromatic heterocycles. The van der Waals surface area contributed by atoms with Gasteiger partial charge in [0.1, 0.15) is 12.1 Å². The van der Waals surface area contributed by atoms with Crippen LogP contribution in [0.15, 0.2) is 42.9 Å². The first-order chi connectivity index (χ1) is 9.75. The maximum atomic E-state index is 4.36. The summed E-state index contributed by atoms with van der Waals surface area (Å²) in [5, 5.41) is 0. The Morgan fingerprint density at radius 3 is 2.70 bits per heavy atom. The molecule has 2 aromatic rings. The van der Waals surface area contributed by atoms with E-state index in [2.05, 4.69) is 57.9 Å². The summed E-state index contributed by atoms with van der Waals surface area (Å²) in [5.41, 5.74) is 2.69. The molecular formula is C16H20N4. The third-order valence-corrected chi connectivity index (χ3v) is 3.94. The number of hydrogen-bond acceptors (Lipinski definition) is 4. The molecule has 1 aliphatic rings. The highest BCUT2D eigenvalue weighted by Gasteiger charge is 2.25. The molecule has 20 heavy (non-hydrogen) atoms. The molecule has 0 spiro atoms. The quantitative estimate of drug-likeness (QED) is 0.837. The SMILES string of the molecule is Cc1ccccc1N1CCN(c2ccncn2)C(C)C1. The monoisotopic (exact) mass is 268 g/mol. The zero-order valence-corrected chi connectivity index (χ0v) is 12.0. The number of benzene rings is 1. The summed E-state index contributed by atoms with van der Waals surface area (Å²) in [7, 11) is 0. The van der Waals surface area contributed by atoms with Crippen molar-refractivity contribution in [1.29, 1.82) is 0 Å². The van der Waals surface area contributed by atoms with E-state index >= 15 is 0 Å². The second-order valence-corrected chi connectivity index (χ2v) is 5.34. The molecule has 1 aliphatic heterocycles. The first-order valence-electron chi connectivity index (χ1n) is 7.09. The minimum absolute atomic E-state index is 0.443. The molecule has 2 heterocycles. The summed E-state index contributed by atoms with van der Waals surface area (Å²) in [6.45, 7) is 7.48. The average molecular weight is 268 g/mol. The van der Waals surface area contributed by atoms with Crippen molar-refractivity contribution < 1.29 is 0 Å². The lowest BCUT2D eigenvalue weighted by molar-refractivity contribution is 0.545. The van der Waals surface area contributed by atoms with Gasteiger partial charge in [0.15, 0.2) is 0 Å². The van der Waals surface area contributed by atoms with Crippen molar-refractivity contribution >= 4 is 11.5 Å². The molecular weight excluding hydrogens is 248 g/mol. The van der Waals surface area contributed by atoms with Crippen molar-refractivity contribution in [3.8, 4) is 0 Å². The first-order valence-corrected chi connectivity index (χ1v) is 7.09. The van der Waals surface area contributed by atoms with Gasteiger partial charge in [-0.05, 0) is 31.5 Å². The number of aryl methyl sites for hydroxylation is 1. The number of rotatable bonds is 2. The van der Waals surface area contributed by atoms with E-state index in [0.717, 1.165) is 25.5 Å². The molecule has 1 unspecified atom stereocenters. The molecule has 104 valence electrons. The van der Waals surface area contributed by atoms with Crippen LogP contribution >= 0.6 is 0 Å². The Kier molecular flexibility index (Phi) is 3.54. The van der Waals surface area contributed by atoms with Crippen LogP contribution in [0.25, 0.3) is 0 Å². The van der Waals surface area contributed by atoms with E-state index in [1.165, 1.54) is 11.3 Å². The minimum atomic E-state index is 0.443. The van der Waals surface area contributed by atoms with Crippen LogP contribution in [-0.2, 0) is 0 Å². The van der Waals surface area contributed by atoms with E-state index in [4.69, 9.17) is 0 Å². The molecule has 1 saturated heterocycles. The molecule has 0 bridgehead atoms. The van der Waals surface area contributed by atoms with E-state index in [1.807, 2.05) is 12.3 Å². The predicted octanol–water partition coefficient (Wildman–Crippen LogP) is 2.50. The van der Waals surface area contributed by atoms with Gasteiger partial charge in [0, 0.05) is 37.6 Å². The maximum Gasteiger partial charge on any atom is 0.132 e. The fraction of sp³-hybridized carbons (Fsp3) is 0.375. The van der Waals surface area contributed by atoms with Gasteiger partial charge in [0.25, 0.3) is 0 Å². The summed E-state index contributed by atoms with van der Waals surface area (Å²) in [6.07, 6.45) is 3.43. The summed E-state index contributed by atoms with van der Waals surface area (Å²) in [6, 6.07) is 11.0. The summed E-state index contributed by atoms with van der Waals surface area (Å²) >= 11 is 0. The van der Waals surface area contributed by atoms with E-state index < -0.39 is 0 Å². The largest absolute Gasteiger partial charge is 0.367 e. The van der Waals surface area contributed by atoms with Gasteiger partial charge >= 0.3 is 0 Å². The third-order valence-electron chi connectivity index (χ3n) is 3.94. The van der Waals surface area contributed by atoms with E-state index in [1.54, 1.807) is 6.33 Å². The summed E-state index contributed by atoms with van der Waals surface area (Å²) in [4.78, 5) is 13.2. The molecule has 0 saturated carbocycles. The smallest absolute Gasteiger partial charge is 0.132 e. The Labute approximate surface area is 120 Å². The number of aromatic nitrogens is 2. The Morgan fingerprint density at radius 2 is 2.00 bits per heavy atom. The molecule has 0 amide bonds. The van der Waals surface area contributed by atoms with Crippen molar-refractivity contribution in [2.75, 3.05) is 29.4 Å². The van der Waals surface area contributed by atoms with Crippen LogP contribution in [0.5, 0.6) is 0 Å². The molecule has 0 aliphatic carbocycles. The van der Waals surface area contributed by atoms with Crippen LogP contribution in [0.2, 0.25) is 0 Å². The Morgan fingerprint density at radius 1 is 1.15 bits per heavy atom. The van der Waals surface area contributed by atoms with Crippen molar-refractivity contribution in [2.45, 2.75) is 19.9 Å². The number of hydrogen-bond donors (Lipinski definition) is 0. The Hall–Kier alpha value is -2.10. The number of nitrogens with zero attached hydrogens (tertiary/aromatic N) is 4. The highest BCUT2D eigenvalue weighted by Crippen LogP contribution is 2.24. The lowest BCUT2D eigenvalue weighted by Crippen LogP contribution is -2.52. The lowest BCUT2D eigenvalue weighted by Gasteiger charge is -2.42. The van der Waals surface area contributed by atoms with Crippen LogP contribution < -0.4 is 9.80 Å². The van der Waals surface area contributed by atoms with Gasteiger partial charge in [-0.3, -0.25) is 0 Å². The fourth-order valence-electron chi connectivity index (χ4n) is 2.89. The first kappa shape index (κ1) is 12.9. The van der Waals surface area contributed by atoms with Gasteiger partial charge in [-0.2, -0.15) is 0 Å². The number of piperazine rings is 1. The molecule has 4 heteroatoms. The zero-order chi connectivity index (χ0) is 13.9. The van der Waals surface area contributed by atoms with Crippen LogP contribution in [0.3, 0.4) is 0 Å². The third kappa shape index (κ3) is 2.46. The van der Waals surface area contributed by atoms with Crippen LogP contribution in [-0.4, -0.2) is 35.6 Å². The number of anilines is 2. The predicted molar refractivity (Wildman–Crippen MR) is 82.2 cm³/mol. The molecule has 0 radical (unpaired) electrons. The van der Waals surface area contributed by atoms with Crippen molar-refractivity contribution in [3.05, 3.63) is 48.4 Å². The molecule has 3 rings (SSSR count). The van der Waals surface area contributed by atoms with Crippen LogP contribution in [0.4, 0.5) is 11.5 Å². The van der Waals surface area contributed by atoms with Gasteiger partial charge in [-0.1, -0.05) is 18.2 Å². The second kappa shape index (κ2) is 5.49. The maximum absolute atomic E-state index is 4.36. The van der Waals surface area contributed by atoms with Gasteiger partial charge in [-0.25, -0.2) is 9.97 Å². The number of para-hydroxylation sites is 1. The van der Waals surface area contributed by atoms with Crippen molar-refractivity contribution in [1.82, 2.24) is 9.97 Å². The van der Waals surface area contributed by atoms with Gasteiger partial charge in [-0.15, -0.1) is 0 Å². The van der Waals surface area contributed by atoms with Crippen molar-refractivity contribution in [3.63, 3.8) is 0 Å². The van der Waals surface area contributed by atoms with E-state index in [9.17, 15) is 0 Å². The highest BCUT2D eigenvalue weighted by atomic mass is 15.3. The van der Waals surface area contributed by atoms with Crippen LogP contribution in [0, 0.1) is 6.92 Å². The molecule has 4 nitrogen and oxygen atoms in total. The highest BCUT2D eigenvalue weighted by molar-refractivity contribution is 5.55. The minimum Gasteiger partial charge on any atom is -0.367 e.